The van der Waals surface area contributed by atoms with Crippen LogP contribution in [-0.4, -0.2) is 67.2 Å². The molecule has 12 nitrogen and oxygen atoms in total. The quantitative estimate of drug-likeness (QED) is 0.429. The van der Waals surface area contributed by atoms with Crippen molar-refractivity contribution in [3.63, 3.8) is 0 Å². The maximum Gasteiger partial charge on any atom is 0.321 e. The average molecular weight is 480 g/mol. The van der Waals surface area contributed by atoms with Crippen molar-refractivity contribution >= 4 is 35.6 Å². The Kier molecular flexibility index (Phi) is 9.36. The predicted octanol–water partition coefficient (Wildman–Crippen LogP) is 1.20. The lowest BCUT2D eigenvalue weighted by atomic mass is 9.97. The van der Waals surface area contributed by atoms with Gasteiger partial charge in [0.25, 0.3) is 0 Å². The molecule has 186 valence electrons. The van der Waals surface area contributed by atoms with E-state index in [4.69, 9.17) is 23.7 Å². The van der Waals surface area contributed by atoms with E-state index in [1.165, 1.54) is 6.92 Å². The molecule has 0 aromatic heterocycles. The van der Waals surface area contributed by atoms with Gasteiger partial charge in [-0.1, -0.05) is 17.7 Å². The molecule has 1 aromatic carbocycles. The summed E-state index contributed by atoms with van der Waals surface area (Å²) >= 11 is 0. The minimum Gasteiger partial charge on any atom is -0.463 e. The maximum absolute atomic E-state index is 12.6. The lowest BCUT2D eigenvalue weighted by Gasteiger charge is -2.44. The van der Waals surface area contributed by atoms with E-state index in [2.05, 4.69) is 10.6 Å². The molecule has 1 saturated heterocycles. The molecule has 0 spiro atoms. The van der Waals surface area contributed by atoms with Crippen molar-refractivity contribution in [2.45, 2.75) is 65.3 Å². The molecule has 0 bridgehead atoms. The monoisotopic (exact) mass is 480 g/mol. The lowest BCUT2D eigenvalue weighted by Crippen LogP contribution is -2.66. The Morgan fingerprint density at radius 1 is 0.794 bits per heavy atom. The van der Waals surface area contributed by atoms with E-state index in [9.17, 15) is 24.0 Å². The fourth-order valence-electron chi connectivity index (χ4n) is 3.28. The van der Waals surface area contributed by atoms with Gasteiger partial charge in [-0.15, -0.1) is 0 Å². The first-order chi connectivity index (χ1) is 16.0. The molecule has 34 heavy (non-hydrogen) atoms. The Morgan fingerprint density at radius 3 is 1.85 bits per heavy atom. The Morgan fingerprint density at radius 2 is 1.32 bits per heavy atom. The standard InChI is InChI=1S/C22H28N2O10/c1-11-6-8-16(9-7-11)23-22(29)24-21-20(33-15(5)28)19(32-14(4)27)18(31-13(3)26)17(34-21)10-30-12(2)25/h6-9,17-21H,10H2,1-5H3,(H2,23,24,29)/t17-,18-,19+,20+,21-/m1/s1. The summed E-state index contributed by atoms with van der Waals surface area (Å²) in [6.45, 7) is 6.00. The predicted molar refractivity (Wildman–Crippen MR) is 115 cm³/mol. The topological polar surface area (TPSA) is 156 Å². The normalized spacial score (nSPS) is 23.7. The molecule has 0 aliphatic carbocycles. The van der Waals surface area contributed by atoms with E-state index in [-0.39, 0.29) is 0 Å². The summed E-state index contributed by atoms with van der Waals surface area (Å²) in [4.78, 5) is 59.3. The van der Waals surface area contributed by atoms with Gasteiger partial charge in [0, 0.05) is 33.4 Å². The highest BCUT2D eigenvalue weighted by molar-refractivity contribution is 5.89. The van der Waals surface area contributed by atoms with E-state index in [1.54, 1.807) is 24.3 Å². The van der Waals surface area contributed by atoms with Gasteiger partial charge in [0.05, 0.1) is 0 Å². The van der Waals surface area contributed by atoms with E-state index >= 15 is 0 Å². The highest BCUT2D eigenvalue weighted by Gasteiger charge is 2.52. The molecule has 12 heteroatoms. The summed E-state index contributed by atoms with van der Waals surface area (Å²) in [5.41, 5.74) is 1.47. The Bertz CT molecular complexity index is 917. The van der Waals surface area contributed by atoms with Gasteiger partial charge in [0.15, 0.2) is 24.5 Å². The number of hydrogen-bond acceptors (Lipinski definition) is 10. The van der Waals surface area contributed by atoms with Gasteiger partial charge in [0.1, 0.15) is 12.7 Å². The van der Waals surface area contributed by atoms with Crippen LogP contribution in [0.5, 0.6) is 0 Å². The Labute approximate surface area is 196 Å². The van der Waals surface area contributed by atoms with Gasteiger partial charge in [-0.25, -0.2) is 4.79 Å². The highest BCUT2D eigenvalue weighted by atomic mass is 16.7. The second-order valence-electron chi connectivity index (χ2n) is 7.58. The third-order valence-electron chi connectivity index (χ3n) is 4.57. The maximum atomic E-state index is 12.6. The molecule has 1 aliphatic rings. The van der Waals surface area contributed by atoms with Crippen molar-refractivity contribution in [1.82, 2.24) is 5.32 Å². The number of esters is 4. The van der Waals surface area contributed by atoms with Crippen LogP contribution in [0.2, 0.25) is 0 Å². The molecule has 0 saturated carbocycles. The zero-order valence-electron chi connectivity index (χ0n) is 19.5. The highest BCUT2D eigenvalue weighted by Crippen LogP contribution is 2.28. The molecule has 2 amide bonds. The van der Waals surface area contributed by atoms with Gasteiger partial charge in [0.2, 0.25) is 0 Å². The van der Waals surface area contributed by atoms with Crippen LogP contribution in [0.15, 0.2) is 24.3 Å². The van der Waals surface area contributed by atoms with Gasteiger partial charge < -0.3 is 34.3 Å². The number of nitrogens with one attached hydrogen (secondary N) is 2. The molecule has 1 fully saturated rings. The van der Waals surface area contributed by atoms with Crippen molar-refractivity contribution in [2.24, 2.45) is 0 Å². The summed E-state index contributed by atoms with van der Waals surface area (Å²) in [5, 5.41) is 5.12. The van der Waals surface area contributed by atoms with E-state index in [0.29, 0.717) is 5.69 Å². The van der Waals surface area contributed by atoms with Crippen LogP contribution >= 0.6 is 0 Å². The van der Waals surface area contributed by atoms with Crippen molar-refractivity contribution in [1.29, 1.82) is 0 Å². The fraction of sp³-hybridized carbons (Fsp3) is 0.500. The van der Waals surface area contributed by atoms with Gasteiger partial charge in [-0.3, -0.25) is 19.2 Å². The summed E-state index contributed by atoms with van der Waals surface area (Å²) in [6, 6.07) is 6.24. The molecule has 2 N–H and O–H groups in total. The first-order valence-electron chi connectivity index (χ1n) is 10.4. The summed E-state index contributed by atoms with van der Waals surface area (Å²) in [6.07, 6.45) is -6.57. The molecule has 0 unspecified atom stereocenters. The first-order valence-corrected chi connectivity index (χ1v) is 10.4. The number of rotatable bonds is 7. The van der Waals surface area contributed by atoms with Crippen LogP contribution in [0.25, 0.3) is 0 Å². The lowest BCUT2D eigenvalue weighted by molar-refractivity contribution is -0.255. The first kappa shape index (κ1) is 26.6. The second kappa shape index (κ2) is 12.0. The van der Waals surface area contributed by atoms with Crippen LogP contribution in [0, 0.1) is 6.92 Å². The number of benzene rings is 1. The van der Waals surface area contributed by atoms with E-state index in [0.717, 1.165) is 26.3 Å². The van der Waals surface area contributed by atoms with Gasteiger partial charge >= 0.3 is 29.9 Å². The summed E-state index contributed by atoms with van der Waals surface area (Å²) in [7, 11) is 0. The van der Waals surface area contributed by atoms with Crippen LogP contribution in [0.1, 0.15) is 33.3 Å². The molecule has 1 aromatic rings. The largest absolute Gasteiger partial charge is 0.463 e. The van der Waals surface area contributed by atoms with Crippen molar-refractivity contribution in [3.8, 4) is 0 Å². The fourth-order valence-corrected chi connectivity index (χ4v) is 3.28. The molecule has 1 heterocycles. The molecule has 0 radical (unpaired) electrons. The van der Waals surface area contributed by atoms with Crippen molar-refractivity contribution in [3.05, 3.63) is 29.8 Å². The van der Waals surface area contributed by atoms with E-state index < -0.39 is 67.2 Å². The van der Waals surface area contributed by atoms with Crippen molar-refractivity contribution < 1.29 is 47.7 Å². The van der Waals surface area contributed by atoms with Crippen LogP contribution < -0.4 is 10.6 Å². The molecule has 1 aliphatic heterocycles. The summed E-state index contributed by atoms with van der Waals surface area (Å²) in [5.74, 6) is -2.92. The molecule has 2 rings (SSSR count). The smallest absolute Gasteiger partial charge is 0.321 e. The number of ether oxygens (including phenoxy) is 5. The number of hydrogen-bond donors (Lipinski definition) is 2. The third-order valence-corrected chi connectivity index (χ3v) is 4.57. The molecular weight excluding hydrogens is 452 g/mol. The zero-order valence-corrected chi connectivity index (χ0v) is 19.5. The van der Waals surface area contributed by atoms with Gasteiger partial charge in [-0.2, -0.15) is 0 Å². The van der Waals surface area contributed by atoms with Gasteiger partial charge in [-0.05, 0) is 19.1 Å². The SMILES string of the molecule is CC(=O)OC[C@H]1O[C@@H](NC(=O)Nc2ccc(C)cc2)[C@@H](OC(C)=O)[C@@H](OC(C)=O)[C@@H]1OC(C)=O. The number of anilines is 1. The number of urea groups is 1. The Balaban J connectivity index is 2.35. The van der Waals surface area contributed by atoms with Crippen LogP contribution in [-0.2, 0) is 42.9 Å². The van der Waals surface area contributed by atoms with Crippen LogP contribution in [0.4, 0.5) is 10.5 Å². The molecule has 5 atom stereocenters. The minimum absolute atomic E-state index is 0.393. The second-order valence-corrected chi connectivity index (χ2v) is 7.58. The van der Waals surface area contributed by atoms with Crippen LogP contribution in [0.3, 0.4) is 0 Å². The van der Waals surface area contributed by atoms with E-state index in [1.807, 2.05) is 6.92 Å². The number of amides is 2. The zero-order chi connectivity index (χ0) is 25.4. The molecular formula is C22H28N2O10. The minimum atomic E-state index is -1.39. The summed E-state index contributed by atoms with van der Waals surface area (Å²) < 4.78 is 26.7. The Hall–Kier alpha value is -3.67. The number of aryl methyl sites for hydroxylation is 1. The average Bonchev–Trinajstić information content (AvgIpc) is 2.71. The number of carbonyl (C=O) groups is 5. The number of carbonyl (C=O) groups excluding carboxylic acids is 5. The van der Waals surface area contributed by atoms with Crippen molar-refractivity contribution in [2.75, 3.05) is 11.9 Å². The third kappa shape index (κ3) is 8.03.